The Bertz CT molecular complexity index is 1290. The number of benzene rings is 2. The SMILES string of the molecule is O=C(CCCn1ncc2cn(-c3ccccc3)nc2c1=O)N1CCc2ccccc2C1. The molecule has 0 saturated carbocycles. The molecule has 0 fully saturated rings. The van der Waals surface area contributed by atoms with E-state index in [2.05, 4.69) is 22.3 Å². The van der Waals surface area contributed by atoms with Gasteiger partial charge in [0, 0.05) is 37.6 Å². The molecule has 4 aromatic rings. The van der Waals surface area contributed by atoms with Crippen molar-refractivity contribution in [2.45, 2.75) is 32.4 Å². The largest absolute Gasteiger partial charge is 0.338 e. The van der Waals surface area contributed by atoms with Crippen LogP contribution in [0.5, 0.6) is 0 Å². The molecule has 0 N–H and O–H groups in total. The number of hydrogen-bond acceptors (Lipinski definition) is 4. The monoisotopic (exact) mass is 413 g/mol. The van der Waals surface area contributed by atoms with Crippen LogP contribution in [0.1, 0.15) is 24.0 Å². The second kappa shape index (κ2) is 8.18. The summed E-state index contributed by atoms with van der Waals surface area (Å²) < 4.78 is 3.10. The number of para-hydroxylation sites is 1. The maximum Gasteiger partial charge on any atom is 0.295 e. The van der Waals surface area contributed by atoms with Crippen LogP contribution in [-0.2, 0) is 24.3 Å². The number of carbonyl (C=O) groups is 1. The molecule has 2 aromatic heterocycles. The molecule has 0 spiro atoms. The molecule has 0 atom stereocenters. The van der Waals surface area contributed by atoms with Crippen LogP contribution in [0.15, 0.2) is 71.8 Å². The van der Waals surface area contributed by atoms with Crippen LogP contribution in [0.4, 0.5) is 0 Å². The smallest absolute Gasteiger partial charge is 0.295 e. The molecule has 5 rings (SSSR count). The van der Waals surface area contributed by atoms with Crippen LogP contribution in [0, 0.1) is 0 Å². The molecule has 2 aromatic carbocycles. The molecular formula is C24H23N5O2. The van der Waals surface area contributed by atoms with Crippen molar-refractivity contribution in [1.82, 2.24) is 24.5 Å². The third-order valence-electron chi connectivity index (χ3n) is 5.78. The van der Waals surface area contributed by atoms with Crippen molar-refractivity contribution >= 4 is 16.8 Å². The molecule has 7 nitrogen and oxygen atoms in total. The summed E-state index contributed by atoms with van der Waals surface area (Å²) in [6.45, 7) is 1.80. The lowest BCUT2D eigenvalue weighted by molar-refractivity contribution is -0.132. The van der Waals surface area contributed by atoms with E-state index in [1.165, 1.54) is 15.8 Å². The number of aryl methyl sites for hydroxylation is 1. The van der Waals surface area contributed by atoms with Crippen LogP contribution in [0.25, 0.3) is 16.6 Å². The second-order valence-electron chi connectivity index (χ2n) is 7.82. The third kappa shape index (κ3) is 3.86. The van der Waals surface area contributed by atoms with E-state index in [1.54, 1.807) is 17.1 Å². The van der Waals surface area contributed by atoms with Crippen molar-refractivity contribution in [3.63, 3.8) is 0 Å². The van der Waals surface area contributed by atoms with Crippen LogP contribution >= 0.6 is 0 Å². The van der Waals surface area contributed by atoms with Crippen molar-refractivity contribution in [2.24, 2.45) is 0 Å². The lowest BCUT2D eigenvalue weighted by Crippen LogP contribution is -2.36. The second-order valence-corrected chi connectivity index (χ2v) is 7.82. The van der Waals surface area contributed by atoms with Gasteiger partial charge in [0.05, 0.1) is 11.9 Å². The standard InChI is InChI=1S/C24H23N5O2/c30-22(27-14-12-18-7-4-5-8-19(18)16-27)11-6-13-28-24(31)23-20(15-25-28)17-29(26-23)21-9-2-1-3-10-21/h1-5,7-10,15,17H,6,11-14,16H2. The van der Waals surface area contributed by atoms with Gasteiger partial charge in [-0.15, -0.1) is 0 Å². The molecular weight excluding hydrogens is 390 g/mol. The highest BCUT2D eigenvalue weighted by Gasteiger charge is 2.20. The van der Waals surface area contributed by atoms with Gasteiger partial charge in [0.2, 0.25) is 5.91 Å². The molecule has 3 heterocycles. The van der Waals surface area contributed by atoms with Gasteiger partial charge in [-0.3, -0.25) is 9.59 Å². The summed E-state index contributed by atoms with van der Waals surface area (Å²) in [5.41, 5.74) is 3.59. The van der Waals surface area contributed by atoms with E-state index in [4.69, 9.17) is 0 Å². The summed E-state index contributed by atoms with van der Waals surface area (Å²) in [5.74, 6) is 0.122. The Balaban J connectivity index is 1.24. The Morgan fingerprint density at radius 2 is 1.77 bits per heavy atom. The molecule has 0 aliphatic carbocycles. The highest BCUT2D eigenvalue weighted by Crippen LogP contribution is 2.19. The zero-order valence-electron chi connectivity index (χ0n) is 17.1. The molecule has 0 bridgehead atoms. The normalized spacial score (nSPS) is 13.4. The number of rotatable bonds is 5. The van der Waals surface area contributed by atoms with Crippen molar-refractivity contribution < 1.29 is 4.79 Å². The van der Waals surface area contributed by atoms with Gasteiger partial charge in [-0.2, -0.15) is 10.2 Å². The molecule has 1 amide bonds. The van der Waals surface area contributed by atoms with Crippen molar-refractivity contribution in [1.29, 1.82) is 0 Å². The highest BCUT2D eigenvalue weighted by molar-refractivity contribution is 5.77. The summed E-state index contributed by atoms with van der Waals surface area (Å²) >= 11 is 0. The minimum absolute atomic E-state index is 0.122. The first kappa shape index (κ1) is 19.2. The molecule has 1 aliphatic rings. The van der Waals surface area contributed by atoms with Gasteiger partial charge >= 0.3 is 0 Å². The topological polar surface area (TPSA) is 73.0 Å². The number of hydrogen-bond donors (Lipinski definition) is 0. The summed E-state index contributed by atoms with van der Waals surface area (Å²) in [6.07, 6.45) is 5.32. The Morgan fingerprint density at radius 3 is 2.61 bits per heavy atom. The fourth-order valence-electron chi connectivity index (χ4n) is 4.07. The van der Waals surface area contributed by atoms with Crippen LogP contribution in [0.2, 0.25) is 0 Å². The van der Waals surface area contributed by atoms with Crippen LogP contribution in [-0.4, -0.2) is 36.9 Å². The van der Waals surface area contributed by atoms with Gasteiger partial charge in [-0.1, -0.05) is 42.5 Å². The first-order valence-electron chi connectivity index (χ1n) is 10.5. The van der Waals surface area contributed by atoms with E-state index in [0.29, 0.717) is 36.8 Å². The maximum atomic E-state index is 12.8. The predicted octanol–water partition coefficient (Wildman–Crippen LogP) is 2.95. The molecule has 1 aliphatic heterocycles. The van der Waals surface area contributed by atoms with E-state index in [-0.39, 0.29) is 11.5 Å². The quantitative estimate of drug-likeness (QED) is 0.504. The maximum absolute atomic E-state index is 12.8. The molecule has 7 heteroatoms. The van der Waals surface area contributed by atoms with Crippen LogP contribution in [0.3, 0.4) is 0 Å². The molecule has 31 heavy (non-hydrogen) atoms. The Labute approximate surface area is 179 Å². The Hall–Kier alpha value is -3.74. The molecule has 156 valence electrons. The van der Waals surface area contributed by atoms with Crippen LogP contribution < -0.4 is 5.56 Å². The number of carbonyl (C=O) groups excluding carboxylic acids is 1. The number of amides is 1. The highest BCUT2D eigenvalue weighted by atomic mass is 16.2. The van der Waals surface area contributed by atoms with E-state index in [0.717, 1.165) is 18.7 Å². The van der Waals surface area contributed by atoms with Gasteiger partial charge < -0.3 is 4.90 Å². The van der Waals surface area contributed by atoms with Crippen molar-refractivity contribution in [3.05, 3.63) is 88.5 Å². The lowest BCUT2D eigenvalue weighted by Gasteiger charge is -2.29. The van der Waals surface area contributed by atoms with Crippen molar-refractivity contribution in [3.8, 4) is 5.69 Å². The van der Waals surface area contributed by atoms with Gasteiger partial charge in [-0.05, 0) is 36.1 Å². The van der Waals surface area contributed by atoms with Gasteiger partial charge in [0.25, 0.3) is 5.56 Å². The molecule has 0 radical (unpaired) electrons. The van der Waals surface area contributed by atoms with E-state index >= 15 is 0 Å². The lowest BCUT2D eigenvalue weighted by atomic mass is 9.99. The van der Waals surface area contributed by atoms with E-state index < -0.39 is 0 Å². The third-order valence-corrected chi connectivity index (χ3v) is 5.78. The van der Waals surface area contributed by atoms with Gasteiger partial charge in [0.1, 0.15) is 0 Å². The fraction of sp³-hybridized carbons (Fsp3) is 0.250. The predicted molar refractivity (Wildman–Crippen MR) is 118 cm³/mol. The minimum Gasteiger partial charge on any atom is -0.338 e. The summed E-state index contributed by atoms with van der Waals surface area (Å²) in [5, 5.41) is 9.43. The first-order valence-corrected chi connectivity index (χ1v) is 10.5. The van der Waals surface area contributed by atoms with E-state index in [9.17, 15) is 9.59 Å². The fourth-order valence-corrected chi connectivity index (χ4v) is 4.07. The summed E-state index contributed by atoms with van der Waals surface area (Å²) in [7, 11) is 0. The summed E-state index contributed by atoms with van der Waals surface area (Å²) in [4.78, 5) is 27.4. The van der Waals surface area contributed by atoms with E-state index in [1.807, 2.05) is 47.4 Å². The zero-order valence-corrected chi connectivity index (χ0v) is 17.1. The molecule has 0 saturated heterocycles. The first-order chi connectivity index (χ1) is 15.2. The van der Waals surface area contributed by atoms with Gasteiger partial charge in [0.15, 0.2) is 5.52 Å². The average molecular weight is 413 g/mol. The average Bonchev–Trinajstić information content (AvgIpc) is 3.26. The Morgan fingerprint density at radius 1 is 1.00 bits per heavy atom. The van der Waals surface area contributed by atoms with Gasteiger partial charge in [-0.25, -0.2) is 9.36 Å². The minimum atomic E-state index is -0.230. The number of fused-ring (bicyclic) bond motifs is 2. The number of aromatic nitrogens is 4. The Kier molecular flexibility index (Phi) is 5.08. The zero-order chi connectivity index (χ0) is 21.2. The van der Waals surface area contributed by atoms with Crippen molar-refractivity contribution in [2.75, 3.05) is 6.54 Å². The molecule has 0 unspecified atom stereocenters. The number of nitrogens with zero attached hydrogens (tertiary/aromatic N) is 5. The summed E-state index contributed by atoms with van der Waals surface area (Å²) in [6, 6.07) is 17.9.